The first-order chi connectivity index (χ1) is 22.0. The van der Waals surface area contributed by atoms with Crippen molar-refractivity contribution >= 4 is 49.4 Å². The molecule has 0 saturated heterocycles. The lowest BCUT2D eigenvalue weighted by molar-refractivity contribution is 0.647. The fourth-order valence-electron chi connectivity index (χ4n) is 7.52. The van der Waals surface area contributed by atoms with Crippen LogP contribution in [0.15, 0.2) is 120 Å². The Labute approximate surface area is 259 Å². The second-order valence-corrected chi connectivity index (χ2v) is 12.4. The molecule has 0 N–H and O–H groups in total. The van der Waals surface area contributed by atoms with Crippen LogP contribution in [0.25, 0.3) is 76.5 Å². The van der Waals surface area contributed by atoms with Crippen LogP contribution < -0.4 is 0 Å². The molecule has 0 spiro atoms. The Morgan fingerprint density at radius 3 is 2.31 bits per heavy atom. The summed E-state index contributed by atoms with van der Waals surface area (Å²) in [4.78, 5) is 3.68. The van der Waals surface area contributed by atoms with Crippen molar-refractivity contribution in [2.24, 2.45) is 0 Å². The highest BCUT2D eigenvalue weighted by molar-refractivity contribution is 6.12. The Balaban J connectivity index is 1.32. The van der Waals surface area contributed by atoms with Gasteiger partial charge in [-0.1, -0.05) is 80.6 Å². The van der Waals surface area contributed by atoms with Gasteiger partial charge in [-0.05, 0) is 81.7 Å². The minimum Gasteiger partial charge on any atom is -0.456 e. The number of rotatable bonds is 2. The molecule has 0 saturated carbocycles. The number of fused-ring (bicyclic) bond motifs is 9. The Kier molecular flexibility index (Phi) is 5.06. The number of furan rings is 1. The van der Waals surface area contributed by atoms with Crippen molar-refractivity contribution < 1.29 is 4.42 Å². The Morgan fingerprint density at radius 1 is 0.667 bits per heavy atom. The summed E-state index contributed by atoms with van der Waals surface area (Å²) in [6.07, 6.45) is 0. The number of para-hydroxylation sites is 2. The molecule has 1 aliphatic carbocycles. The van der Waals surface area contributed by atoms with Gasteiger partial charge in [0.2, 0.25) is 0 Å². The molecular formula is C41H25N3O. The quantitative estimate of drug-likeness (QED) is 0.193. The Morgan fingerprint density at radius 2 is 1.44 bits per heavy atom. The maximum absolute atomic E-state index is 10.4. The smallest absolute Gasteiger partial charge is 0.188 e. The average Bonchev–Trinajstić information content (AvgIpc) is 3.68. The number of hydrogen-bond acceptors (Lipinski definition) is 2. The van der Waals surface area contributed by atoms with Crippen LogP contribution in [-0.4, -0.2) is 4.57 Å². The highest BCUT2D eigenvalue weighted by Crippen LogP contribution is 2.51. The van der Waals surface area contributed by atoms with Gasteiger partial charge in [0, 0.05) is 27.1 Å². The summed E-state index contributed by atoms with van der Waals surface area (Å²) in [6.45, 7) is 12.1. The van der Waals surface area contributed by atoms with Gasteiger partial charge in [0.15, 0.2) is 5.69 Å². The van der Waals surface area contributed by atoms with Gasteiger partial charge < -0.3 is 8.98 Å². The molecule has 0 radical (unpaired) electrons. The summed E-state index contributed by atoms with van der Waals surface area (Å²) in [5, 5.41) is 14.6. The summed E-state index contributed by atoms with van der Waals surface area (Å²) >= 11 is 0. The zero-order chi connectivity index (χ0) is 30.4. The summed E-state index contributed by atoms with van der Waals surface area (Å²) in [5.74, 6) is 0. The van der Waals surface area contributed by atoms with E-state index in [0.717, 1.165) is 60.6 Å². The van der Waals surface area contributed by atoms with Crippen LogP contribution in [0, 0.1) is 17.9 Å². The maximum atomic E-state index is 10.4. The van der Waals surface area contributed by atoms with E-state index in [-0.39, 0.29) is 5.41 Å². The molecule has 4 heteroatoms. The molecular weight excluding hydrogens is 550 g/mol. The van der Waals surface area contributed by atoms with Crippen molar-refractivity contribution in [3.05, 3.63) is 143 Å². The number of benzene rings is 6. The van der Waals surface area contributed by atoms with E-state index in [4.69, 9.17) is 11.0 Å². The van der Waals surface area contributed by atoms with Crippen molar-refractivity contribution in [3.8, 4) is 34.0 Å². The maximum Gasteiger partial charge on any atom is 0.188 e. The summed E-state index contributed by atoms with van der Waals surface area (Å²) in [6, 6.07) is 41.9. The molecule has 2 heterocycles. The van der Waals surface area contributed by atoms with E-state index in [2.05, 4.69) is 96.1 Å². The van der Waals surface area contributed by atoms with Gasteiger partial charge in [-0.3, -0.25) is 0 Å². The minimum absolute atomic E-state index is 0.102. The van der Waals surface area contributed by atoms with Crippen LogP contribution in [0.3, 0.4) is 0 Å². The number of hydrogen-bond donors (Lipinski definition) is 0. The third-order valence-corrected chi connectivity index (χ3v) is 9.65. The van der Waals surface area contributed by atoms with E-state index in [1.165, 1.54) is 22.3 Å². The van der Waals surface area contributed by atoms with Crippen molar-refractivity contribution in [2.75, 3.05) is 0 Å². The molecule has 4 nitrogen and oxygen atoms in total. The average molecular weight is 576 g/mol. The van der Waals surface area contributed by atoms with Gasteiger partial charge in [0.25, 0.3) is 0 Å². The topological polar surface area (TPSA) is 46.2 Å². The fraction of sp³-hybridized carbons (Fsp3) is 0.0732. The predicted molar refractivity (Wildman–Crippen MR) is 182 cm³/mol. The summed E-state index contributed by atoms with van der Waals surface area (Å²) in [5.41, 5.74) is 12.7. The molecule has 9 rings (SSSR count). The lowest BCUT2D eigenvalue weighted by atomic mass is 9.82. The lowest BCUT2D eigenvalue weighted by Crippen LogP contribution is -2.14. The molecule has 1 aliphatic rings. The van der Waals surface area contributed by atoms with Gasteiger partial charge in [0.05, 0.1) is 28.9 Å². The first-order valence-electron chi connectivity index (χ1n) is 15.0. The normalized spacial score (nSPS) is 13.2. The van der Waals surface area contributed by atoms with Crippen LogP contribution in [0.5, 0.6) is 0 Å². The van der Waals surface area contributed by atoms with E-state index in [0.29, 0.717) is 11.3 Å². The largest absolute Gasteiger partial charge is 0.456 e. The monoisotopic (exact) mass is 575 g/mol. The molecule has 0 fully saturated rings. The Bertz CT molecular complexity index is 2650. The summed E-state index contributed by atoms with van der Waals surface area (Å²) < 4.78 is 8.64. The van der Waals surface area contributed by atoms with Crippen LogP contribution in [0.4, 0.5) is 5.69 Å². The van der Waals surface area contributed by atoms with Gasteiger partial charge in [-0.2, -0.15) is 5.26 Å². The van der Waals surface area contributed by atoms with Crippen LogP contribution in [0.1, 0.15) is 30.5 Å². The second-order valence-electron chi connectivity index (χ2n) is 12.4. The van der Waals surface area contributed by atoms with Gasteiger partial charge >= 0.3 is 0 Å². The van der Waals surface area contributed by atoms with Crippen molar-refractivity contribution in [3.63, 3.8) is 0 Å². The molecule has 0 amide bonds. The zero-order valence-electron chi connectivity index (χ0n) is 24.7. The number of nitriles is 1. The Hall–Kier alpha value is -6.10. The highest BCUT2D eigenvalue weighted by atomic mass is 16.3. The number of nitrogens with zero attached hydrogens (tertiary/aromatic N) is 3. The summed E-state index contributed by atoms with van der Waals surface area (Å²) in [7, 11) is 0. The standard InChI is InChI=1S/C41H25N3O/c1-41(2)34-13-6-4-10-28(34)30-21-33-32-19-24(15-18-38(32)45-39(33)22-35(30)41)27-12-8-9-25(23-42)40(27)44-36-14-7-5-11-29(36)31-20-26(43-3)16-17-37(31)44/h4-22H,1-2H3. The van der Waals surface area contributed by atoms with E-state index >= 15 is 0 Å². The van der Waals surface area contributed by atoms with E-state index < -0.39 is 0 Å². The molecule has 6 aromatic carbocycles. The molecule has 0 aliphatic heterocycles. The van der Waals surface area contributed by atoms with E-state index in [1.807, 2.05) is 48.5 Å². The molecule has 45 heavy (non-hydrogen) atoms. The molecule has 8 aromatic rings. The first-order valence-corrected chi connectivity index (χ1v) is 15.0. The van der Waals surface area contributed by atoms with E-state index in [1.54, 1.807) is 0 Å². The van der Waals surface area contributed by atoms with Crippen molar-refractivity contribution in [1.29, 1.82) is 5.26 Å². The molecule has 0 atom stereocenters. The predicted octanol–water partition coefficient (Wildman–Crippen LogP) is 11.1. The fourth-order valence-corrected chi connectivity index (χ4v) is 7.52. The van der Waals surface area contributed by atoms with Gasteiger partial charge in [-0.25, -0.2) is 4.85 Å². The molecule has 210 valence electrons. The zero-order valence-corrected chi connectivity index (χ0v) is 24.7. The third kappa shape index (κ3) is 3.40. The molecule has 2 aromatic heterocycles. The lowest BCUT2D eigenvalue weighted by Gasteiger charge is -2.21. The number of aromatic nitrogens is 1. The highest BCUT2D eigenvalue weighted by Gasteiger charge is 2.36. The van der Waals surface area contributed by atoms with E-state index in [9.17, 15) is 5.26 Å². The first kappa shape index (κ1) is 25.4. The van der Waals surface area contributed by atoms with Gasteiger partial charge in [0.1, 0.15) is 17.2 Å². The van der Waals surface area contributed by atoms with Crippen LogP contribution in [-0.2, 0) is 5.41 Å². The SMILES string of the molecule is [C-]#[N+]c1ccc2c(c1)c1ccccc1n2-c1c(C#N)cccc1-c1ccc2oc3cc4c(cc3c2c1)-c1ccccc1C4(C)C. The molecule has 0 unspecified atom stereocenters. The van der Waals surface area contributed by atoms with Crippen LogP contribution >= 0.6 is 0 Å². The van der Waals surface area contributed by atoms with Gasteiger partial charge in [-0.15, -0.1) is 0 Å². The van der Waals surface area contributed by atoms with Crippen molar-refractivity contribution in [1.82, 2.24) is 4.57 Å². The van der Waals surface area contributed by atoms with Crippen LogP contribution in [0.2, 0.25) is 0 Å². The molecule has 0 bridgehead atoms. The third-order valence-electron chi connectivity index (χ3n) is 9.65. The minimum atomic E-state index is -0.102. The van der Waals surface area contributed by atoms with Crippen molar-refractivity contribution in [2.45, 2.75) is 19.3 Å². The second kappa shape index (κ2) is 8.96.